The van der Waals surface area contributed by atoms with E-state index >= 15 is 0 Å². The number of likely N-dealkylation sites (tertiary alicyclic amines) is 1. The Morgan fingerprint density at radius 1 is 1.71 bits per heavy atom. The van der Waals surface area contributed by atoms with Crippen LogP contribution in [0, 0.1) is 5.92 Å². The third-order valence-corrected chi connectivity index (χ3v) is 3.28. The zero-order valence-corrected chi connectivity index (χ0v) is 9.96. The first-order valence-corrected chi connectivity index (χ1v) is 5.81. The van der Waals surface area contributed by atoms with E-state index in [0.29, 0.717) is 23.8 Å². The highest BCUT2D eigenvalue weighted by Crippen LogP contribution is 2.22. The number of nitrogens with zero attached hydrogens (tertiary/aromatic N) is 3. The Morgan fingerprint density at radius 2 is 2.47 bits per heavy atom. The van der Waals surface area contributed by atoms with Gasteiger partial charge in [0.15, 0.2) is 0 Å². The van der Waals surface area contributed by atoms with Gasteiger partial charge in [-0.15, -0.1) is 0 Å². The molecule has 0 aliphatic carbocycles. The van der Waals surface area contributed by atoms with Crippen molar-refractivity contribution in [2.24, 2.45) is 13.0 Å². The van der Waals surface area contributed by atoms with E-state index < -0.39 is 0 Å². The summed E-state index contributed by atoms with van der Waals surface area (Å²) in [4.78, 5) is 14.0. The lowest BCUT2D eigenvalue weighted by atomic mass is 10.1. The molecule has 6 heteroatoms. The maximum atomic E-state index is 12.2. The minimum absolute atomic E-state index is 0.0667. The molecule has 1 aliphatic rings. The van der Waals surface area contributed by atoms with Crippen molar-refractivity contribution in [1.82, 2.24) is 14.7 Å². The zero-order valence-electron chi connectivity index (χ0n) is 9.96. The second-order valence-corrected chi connectivity index (χ2v) is 4.49. The maximum absolute atomic E-state index is 12.2. The van der Waals surface area contributed by atoms with Crippen molar-refractivity contribution in [3.8, 4) is 0 Å². The number of hydrogen-bond acceptors (Lipinski definition) is 4. The maximum Gasteiger partial charge on any atom is 0.274 e. The monoisotopic (exact) mass is 238 g/mol. The number of aryl methyl sites for hydroxylation is 1. The van der Waals surface area contributed by atoms with Gasteiger partial charge in [0.2, 0.25) is 0 Å². The first-order valence-electron chi connectivity index (χ1n) is 5.81. The summed E-state index contributed by atoms with van der Waals surface area (Å²) in [6.45, 7) is 1.61. The number of rotatable bonds is 3. The van der Waals surface area contributed by atoms with Gasteiger partial charge in [-0.2, -0.15) is 5.10 Å². The molecule has 1 unspecified atom stereocenters. The standard InChI is InChI=1S/C11H18N4O2/c1-14-10(9(12)6-13-14)11(17)15-4-2-8(7-15)3-5-16/h6,8,16H,2-5,7,12H2,1H3. The lowest BCUT2D eigenvalue weighted by molar-refractivity contribution is 0.0775. The van der Waals surface area contributed by atoms with Gasteiger partial charge in [-0.3, -0.25) is 9.48 Å². The number of aliphatic hydroxyl groups is 1. The van der Waals surface area contributed by atoms with Crippen LogP contribution >= 0.6 is 0 Å². The number of aliphatic hydroxyl groups excluding tert-OH is 1. The molecule has 1 aromatic heterocycles. The summed E-state index contributed by atoms with van der Waals surface area (Å²) in [6, 6.07) is 0. The number of hydrogen-bond donors (Lipinski definition) is 2. The second kappa shape index (κ2) is 4.75. The molecule has 1 amide bonds. The molecular formula is C11H18N4O2. The van der Waals surface area contributed by atoms with E-state index in [4.69, 9.17) is 10.8 Å². The summed E-state index contributed by atoms with van der Waals surface area (Å²) >= 11 is 0. The van der Waals surface area contributed by atoms with Crippen molar-refractivity contribution < 1.29 is 9.90 Å². The minimum Gasteiger partial charge on any atom is -0.396 e. The van der Waals surface area contributed by atoms with Crippen molar-refractivity contribution >= 4 is 11.6 Å². The number of aromatic nitrogens is 2. The molecule has 1 fully saturated rings. The lowest BCUT2D eigenvalue weighted by Gasteiger charge is -2.16. The Hall–Kier alpha value is -1.56. The number of anilines is 1. The van der Waals surface area contributed by atoms with Gasteiger partial charge >= 0.3 is 0 Å². The fourth-order valence-electron chi connectivity index (χ4n) is 2.30. The molecule has 1 aliphatic heterocycles. The van der Waals surface area contributed by atoms with E-state index in [1.54, 1.807) is 11.9 Å². The molecule has 1 saturated heterocycles. The summed E-state index contributed by atoms with van der Waals surface area (Å²) in [5, 5.41) is 12.9. The molecule has 1 aromatic rings. The number of nitrogen functional groups attached to an aromatic ring is 1. The molecule has 1 atom stereocenters. The zero-order chi connectivity index (χ0) is 12.4. The molecular weight excluding hydrogens is 220 g/mol. The van der Waals surface area contributed by atoms with Crippen LogP contribution in [0.2, 0.25) is 0 Å². The van der Waals surface area contributed by atoms with Crippen LogP contribution in [0.5, 0.6) is 0 Å². The van der Waals surface area contributed by atoms with Crippen LogP contribution in [-0.2, 0) is 7.05 Å². The normalized spacial score (nSPS) is 19.9. The van der Waals surface area contributed by atoms with Gasteiger partial charge in [-0.05, 0) is 18.8 Å². The molecule has 0 radical (unpaired) electrons. The highest BCUT2D eigenvalue weighted by Gasteiger charge is 2.29. The Kier molecular flexibility index (Phi) is 3.33. The number of carbonyl (C=O) groups excluding carboxylic acids is 1. The Bertz CT molecular complexity index is 396. The Balaban J connectivity index is 2.07. The first kappa shape index (κ1) is 11.9. The van der Waals surface area contributed by atoms with E-state index in [9.17, 15) is 4.79 Å². The molecule has 17 heavy (non-hydrogen) atoms. The molecule has 2 rings (SSSR count). The van der Waals surface area contributed by atoms with E-state index in [1.165, 1.54) is 10.9 Å². The SMILES string of the molecule is Cn1ncc(N)c1C(=O)N1CCC(CCO)C1. The summed E-state index contributed by atoms with van der Waals surface area (Å²) in [5.74, 6) is 0.335. The Labute approximate surface area is 100 Å². The fraction of sp³-hybridized carbons (Fsp3) is 0.636. The average Bonchev–Trinajstić information content (AvgIpc) is 2.87. The molecule has 94 valence electrons. The van der Waals surface area contributed by atoms with Crippen molar-refractivity contribution in [3.05, 3.63) is 11.9 Å². The van der Waals surface area contributed by atoms with Crippen molar-refractivity contribution in [2.75, 3.05) is 25.4 Å². The van der Waals surface area contributed by atoms with E-state index in [1.807, 2.05) is 0 Å². The highest BCUT2D eigenvalue weighted by molar-refractivity contribution is 5.97. The van der Waals surface area contributed by atoms with Crippen LogP contribution in [0.25, 0.3) is 0 Å². The summed E-state index contributed by atoms with van der Waals surface area (Å²) < 4.78 is 1.51. The third kappa shape index (κ3) is 2.26. The van der Waals surface area contributed by atoms with Gasteiger partial charge in [-0.1, -0.05) is 0 Å². The summed E-state index contributed by atoms with van der Waals surface area (Å²) in [7, 11) is 1.71. The summed E-state index contributed by atoms with van der Waals surface area (Å²) in [5.41, 5.74) is 6.61. The Morgan fingerprint density at radius 3 is 3.06 bits per heavy atom. The van der Waals surface area contributed by atoms with E-state index in [-0.39, 0.29) is 12.5 Å². The van der Waals surface area contributed by atoms with Crippen LogP contribution in [0.3, 0.4) is 0 Å². The predicted octanol–water partition coefficient (Wildman–Crippen LogP) is -0.153. The number of nitrogens with two attached hydrogens (primary N) is 1. The highest BCUT2D eigenvalue weighted by atomic mass is 16.3. The van der Waals surface area contributed by atoms with Gasteiger partial charge in [0.05, 0.1) is 11.9 Å². The number of amides is 1. The summed E-state index contributed by atoms with van der Waals surface area (Å²) in [6.07, 6.45) is 3.20. The van der Waals surface area contributed by atoms with Gasteiger partial charge < -0.3 is 15.7 Å². The topological polar surface area (TPSA) is 84.4 Å². The first-order chi connectivity index (χ1) is 8.13. The fourth-order valence-corrected chi connectivity index (χ4v) is 2.30. The van der Waals surface area contributed by atoms with Crippen LogP contribution in [-0.4, -0.2) is 45.4 Å². The van der Waals surface area contributed by atoms with Gasteiger partial charge in [0.25, 0.3) is 5.91 Å². The smallest absolute Gasteiger partial charge is 0.274 e. The second-order valence-electron chi connectivity index (χ2n) is 4.49. The predicted molar refractivity (Wildman–Crippen MR) is 63.3 cm³/mol. The van der Waals surface area contributed by atoms with E-state index in [2.05, 4.69) is 5.10 Å². The molecule has 0 spiro atoms. The van der Waals surface area contributed by atoms with Crippen LogP contribution in [0.1, 0.15) is 23.3 Å². The van der Waals surface area contributed by atoms with Gasteiger partial charge in [0, 0.05) is 26.7 Å². The molecule has 6 nitrogen and oxygen atoms in total. The molecule has 3 N–H and O–H groups in total. The van der Waals surface area contributed by atoms with Crippen LogP contribution in [0.4, 0.5) is 5.69 Å². The van der Waals surface area contributed by atoms with Gasteiger partial charge in [0.1, 0.15) is 5.69 Å². The molecule has 0 saturated carbocycles. The van der Waals surface area contributed by atoms with Crippen LogP contribution < -0.4 is 5.73 Å². The largest absolute Gasteiger partial charge is 0.396 e. The number of carbonyl (C=O) groups is 1. The molecule has 2 heterocycles. The molecule has 0 bridgehead atoms. The minimum atomic E-state index is -0.0667. The lowest BCUT2D eigenvalue weighted by Crippen LogP contribution is -2.31. The molecule has 0 aromatic carbocycles. The van der Waals surface area contributed by atoms with Crippen molar-refractivity contribution in [3.63, 3.8) is 0 Å². The van der Waals surface area contributed by atoms with Crippen LogP contribution in [0.15, 0.2) is 6.20 Å². The van der Waals surface area contributed by atoms with Crippen molar-refractivity contribution in [2.45, 2.75) is 12.8 Å². The quantitative estimate of drug-likeness (QED) is 0.766. The third-order valence-electron chi connectivity index (χ3n) is 3.28. The average molecular weight is 238 g/mol. The van der Waals surface area contributed by atoms with Crippen molar-refractivity contribution in [1.29, 1.82) is 0 Å². The van der Waals surface area contributed by atoms with Gasteiger partial charge in [-0.25, -0.2) is 0 Å². The van der Waals surface area contributed by atoms with E-state index in [0.717, 1.165) is 19.4 Å².